The van der Waals surface area contributed by atoms with Crippen molar-refractivity contribution < 1.29 is 0 Å². The predicted molar refractivity (Wildman–Crippen MR) is 67.3 cm³/mol. The van der Waals surface area contributed by atoms with Crippen molar-refractivity contribution in [2.24, 2.45) is 0 Å². The number of hydrogen-bond donors (Lipinski definition) is 1. The highest BCUT2D eigenvalue weighted by Gasteiger charge is 2.10. The zero-order chi connectivity index (χ0) is 12.4. The first-order valence-corrected chi connectivity index (χ1v) is 5.64. The molecule has 0 aliphatic rings. The minimum atomic E-state index is -0.293. The third-order valence-electron chi connectivity index (χ3n) is 2.29. The van der Waals surface area contributed by atoms with Crippen LogP contribution in [-0.2, 0) is 0 Å². The summed E-state index contributed by atoms with van der Waals surface area (Å²) in [6.45, 7) is 3.76. The minimum Gasteiger partial charge on any atom is -0.292 e. The Bertz CT molecular complexity index is 559. The lowest BCUT2D eigenvalue weighted by Crippen LogP contribution is -2.26. The van der Waals surface area contributed by atoms with Gasteiger partial charge in [0.15, 0.2) is 0 Å². The number of halogens is 1. The Morgan fingerprint density at radius 2 is 2.00 bits per heavy atom. The first kappa shape index (κ1) is 11.7. The van der Waals surface area contributed by atoms with Gasteiger partial charge in [-0.2, -0.15) is 5.10 Å². The molecule has 0 aliphatic heterocycles. The van der Waals surface area contributed by atoms with E-state index in [-0.39, 0.29) is 16.6 Å². The number of anilines is 1. The molecule has 2 aromatic heterocycles. The van der Waals surface area contributed by atoms with Gasteiger partial charge in [-0.3, -0.25) is 14.9 Å². The van der Waals surface area contributed by atoms with E-state index in [0.29, 0.717) is 5.69 Å². The molecule has 0 aromatic carbocycles. The average molecular weight is 253 g/mol. The van der Waals surface area contributed by atoms with Gasteiger partial charge in [-0.05, 0) is 26.0 Å². The molecule has 2 aromatic rings. The van der Waals surface area contributed by atoms with Crippen LogP contribution in [0.15, 0.2) is 35.5 Å². The van der Waals surface area contributed by atoms with E-state index in [4.69, 9.17) is 11.6 Å². The molecule has 0 atom stereocenters. The van der Waals surface area contributed by atoms with Gasteiger partial charge in [-0.25, -0.2) is 4.68 Å². The molecule has 0 saturated heterocycles. The fraction of sp³-hybridized carbons (Fsp3) is 0.273. The quantitative estimate of drug-likeness (QED) is 0.911. The Balaban J connectivity index is 2.38. The molecule has 0 unspecified atom stereocenters. The third-order valence-corrected chi connectivity index (χ3v) is 2.65. The maximum Gasteiger partial charge on any atom is 0.287 e. The van der Waals surface area contributed by atoms with E-state index in [1.807, 2.05) is 38.4 Å². The molecule has 0 bridgehead atoms. The molecule has 6 heteroatoms. The highest BCUT2D eigenvalue weighted by Crippen LogP contribution is 2.16. The van der Waals surface area contributed by atoms with Crippen LogP contribution in [0.3, 0.4) is 0 Å². The van der Waals surface area contributed by atoms with E-state index in [1.54, 1.807) is 10.9 Å². The van der Waals surface area contributed by atoms with E-state index >= 15 is 0 Å². The fourth-order valence-corrected chi connectivity index (χ4v) is 1.62. The Labute approximate surface area is 104 Å². The van der Waals surface area contributed by atoms with Crippen LogP contribution >= 0.6 is 11.6 Å². The molecule has 0 saturated carbocycles. The first-order chi connectivity index (χ1) is 8.09. The molecule has 5 nitrogen and oxygen atoms in total. The summed E-state index contributed by atoms with van der Waals surface area (Å²) in [5.74, 6) is 0. The van der Waals surface area contributed by atoms with Gasteiger partial charge in [0.2, 0.25) is 0 Å². The first-order valence-electron chi connectivity index (χ1n) is 5.27. The van der Waals surface area contributed by atoms with Gasteiger partial charge in [-0.15, -0.1) is 0 Å². The summed E-state index contributed by atoms with van der Waals surface area (Å²) < 4.78 is 3.05. The highest BCUT2D eigenvalue weighted by atomic mass is 35.5. The lowest BCUT2D eigenvalue weighted by Gasteiger charge is -2.12. The van der Waals surface area contributed by atoms with E-state index in [1.165, 1.54) is 4.68 Å². The summed E-state index contributed by atoms with van der Waals surface area (Å²) in [4.78, 5) is 11.9. The van der Waals surface area contributed by atoms with Crippen molar-refractivity contribution >= 4 is 17.3 Å². The van der Waals surface area contributed by atoms with Crippen molar-refractivity contribution in [2.75, 3.05) is 5.43 Å². The van der Waals surface area contributed by atoms with Gasteiger partial charge in [0, 0.05) is 12.4 Å². The Kier molecular flexibility index (Phi) is 3.19. The van der Waals surface area contributed by atoms with Gasteiger partial charge in [0.1, 0.15) is 5.02 Å². The van der Waals surface area contributed by atoms with Crippen molar-refractivity contribution in [1.29, 1.82) is 0 Å². The molecule has 2 heterocycles. The molecular weight excluding hydrogens is 240 g/mol. The molecular formula is C11H13ClN4O. The Hall–Kier alpha value is -1.75. The summed E-state index contributed by atoms with van der Waals surface area (Å²) in [6.07, 6.45) is 5.17. The van der Waals surface area contributed by atoms with Crippen LogP contribution in [0, 0.1) is 0 Å². The smallest absolute Gasteiger partial charge is 0.287 e. The van der Waals surface area contributed by atoms with E-state index in [2.05, 4.69) is 10.5 Å². The van der Waals surface area contributed by atoms with Crippen LogP contribution in [0.1, 0.15) is 19.9 Å². The number of hydrogen-bond acceptors (Lipinski definition) is 3. The summed E-state index contributed by atoms with van der Waals surface area (Å²) in [5, 5.41) is 4.20. The molecule has 0 fully saturated rings. The fourth-order valence-electron chi connectivity index (χ4n) is 1.44. The Morgan fingerprint density at radius 3 is 2.59 bits per heavy atom. The maximum absolute atomic E-state index is 11.9. The largest absolute Gasteiger partial charge is 0.292 e. The minimum absolute atomic E-state index is 0.0133. The molecule has 17 heavy (non-hydrogen) atoms. The SMILES string of the molecule is CC(C)n1ncc(Nn2cccc2)c(Cl)c1=O. The molecule has 0 radical (unpaired) electrons. The van der Waals surface area contributed by atoms with Crippen molar-refractivity contribution in [2.45, 2.75) is 19.9 Å². The Morgan fingerprint density at radius 1 is 1.35 bits per heavy atom. The van der Waals surface area contributed by atoms with Gasteiger partial charge >= 0.3 is 0 Å². The van der Waals surface area contributed by atoms with E-state index in [9.17, 15) is 4.79 Å². The monoisotopic (exact) mass is 252 g/mol. The van der Waals surface area contributed by atoms with Crippen LogP contribution in [0.5, 0.6) is 0 Å². The second kappa shape index (κ2) is 4.63. The third kappa shape index (κ3) is 2.34. The molecule has 90 valence electrons. The summed E-state index contributed by atoms with van der Waals surface area (Å²) in [6, 6.07) is 3.72. The van der Waals surface area contributed by atoms with Gasteiger partial charge in [0.05, 0.1) is 17.9 Å². The van der Waals surface area contributed by atoms with Crippen molar-refractivity contribution in [3.63, 3.8) is 0 Å². The number of nitrogens with one attached hydrogen (secondary N) is 1. The summed E-state index contributed by atoms with van der Waals surface area (Å²) in [5.41, 5.74) is 3.17. The van der Waals surface area contributed by atoms with Crippen LogP contribution in [0.2, 0.25) is 5.02 Å². The lowest BCUT2D eigenvalue weighted by atomic mass is 10.4. The molecule has 0 amide bonds. The van der Waals surface area contributed by atoms with Crippen LogP contribution < -0.4 is 11.0 Å². The number of aromatic nitrogens is 3. The number of nitrogens with zero attached hydrogens (tertiary/aromatic N) is 3. The highest BCUT2D eigenvalue weighted by molar-refractivity contribution is 6.32. The molecule has 0 aliphatic carbocycles. The van der Waals surface area contributed by atoms with E-state index < -0.39 is 0 Å². The zero-order valence-electron chi connectivity index (χ0n) is 9.59. The van der Waals surface area contributed by atoms with Crippen molar-refractivity contribution in [1.82, 2.24) is 14.5 Å². The number of rotatable bonds is 3. The van der Waals surface area contributed by atoms with Crippen molar-refractivity contribution in [3.05, 3.63) is 46.1 Å². The average Bonchev–Trinajstić information content (AvgIpc) is 2.77. The maximum atomic E-state index is 11.9. The normalized spacial score (nSPS) is 10.8. The second-order valence-electron chi connectivity index (χ2n) is 3.92. The zero-order valence-corrected chi connectivity index (χ0v) is 10.3. The van der Waals surface area contributed by atoms with Crippen molar-refractivity contribution in [3.8, 4) is 0 Å². The van der Waals surface area contributed by atoms with Gasteiger partial charge in [0.25, 0.3) is 5.56 Å². The summed E-state index contributed by atoms with van der Waals surface area (Å²) >= 11 is 6.01. The molecule has 0 spiro atoms. The van der Waals surface area contributed by atoms with Crippen LogP contribution in [-0.4, -0.2) is 14.5 Å². The topological polar surface area (TPSA) is 51.9 Å². The van der Waals surface area contributed by atoms with Gasteiger partial charge in [-0.1, -0.05) is 11.6 Å². The van der Waals surface area contributed by atoms with Crippen LogP contribution in [0.25, 0.3) is 0 Å². The van der Waals surface area contributed by atoms with Gasteiger partial charge < -0.3 is 0 Å². The predicted octanol–water partition coefficient (Wildman–Crippen LogP) is 2.15. The molecule has 2 rings (SSSR count). The van der Waals surface area contributed by atoms with Crippen LogP contribution in [0.4, 0.5) is 5.69 Å². The second-order valence-corrected chi connectivity index (χ2v) is 4.30. The lowest BCUT2D eigenvalue weighted by molar-refractivity contribution is 0.503. The molecule has 1 N–H and O–H groups in total. The standard InChI is InChI=1S/C11H13ClN4O/c1-8(2)16-11(17)10(12)9(7-13-16)14-15-5-3-4-6-15/h3-8,14H,1-2H3. The van der Waals surface area contributed by atoms with E-state index in [0.717, 1.165) is 0 Å². The summed E-state index contributed by atoms with van der Waals surface area (Å²) in [7, 11) is 0.